The number of ether oxygens (including phenoxy) is 3. The number of H-pyrrole nitrogens is 1. The van der Waals surface area contributed by atoms with Gasteiger partial charge in [-0.1, -0.05) is 24.3 Å². The summed E-state index contributed by atoms with van der Waals surface area (Å²) in [5, 5.41) is 0.696. The van der Waals surface area contributed by atoms with Crippen LogP contribution in [-0.2, 0) is 4.79 Å². The Bertz CT molecular complexity index is 1070. The number of methoxy groups -OCH3 is 2. The first-order valence-electron chi connectivity index (χ1n) is 8.20. The summed E-state index contributed by atoms with van der Waals surface area (Å²) in [5.74, 6) is 0.499. The number of aromatic nitrogens is 1. The van der Waals surface area contributed by atoms with Crippen LogP contribution in [0.15, 0.2) is 47.3 Å². The standard InChI is InChI=1S/C20H17NO5/c1-24-15-9-5-7-11(18(15)25-2)13-10-16(22)26-19-12-6-3-4-8-14(12)21-20(23)17(13)19/h3-9,13H,10H2,1-2H3,(H,21,23)/t13-/m1/s1. The van der Waals surface area contributed by atoms with Crippen LogP contribution < -0.4 is 19.8 Å². The summed E-state index contributed by atoms with van der Waals surface area (Å²) in [5.41, 5.74) is 1.49. The second kappa shape index (κ2) is 6.22. The van der Waals surface area contributed by atoms with Crippen molar-refractivity contribution in [2.75, 3.05) is 14.2 Å². The Labute approximate surface area is 149 Å². The molecular weight excluding hydrogens is 334 g/mol. The smallest absolute Gasteiger partial charge is 0.312 e. The van der Waals surface area contributed by atoms with Gasteiger partial charge in [0.1, 0.15) is 5.75 Å². The lowest BCUT2D eigenvalue weighted by Gasteiger charge is -2.26. The predicted octanol–water partition coefficient (Wildman–Crippen LogP) is 2.99. The quantitative estimate of drug-likeness (QED) is 0.734. The molecule has 26 heavy (non-hydrogen) atoms. The molecule has 0 saturated carbocycles. The van der Waals surface area contributed by atoms with Gasteiger partial charge in [0.15, 0.2) is 11.5 Å². The minimum absolute atomic E-state index is 0.0535. The molecule has 4 rings (SSSR count). The lowest BCUT2D eigenvalue weighted by molar-refractivity contribution is -0.135. The molecule has 2 heterocycles. The number of benzene rings is 2. The summed E-state index contributed by atoms with van der Waals surface area (Å²) in [4.78, 5) is 28.0. The monoisotopic (exact) mass is 351 g/mol. The van der Waals surface area contributed by atoms with Crippen molar-refractivity contribution in [1.82, 2.24) is 4.98 Å². The van der Waals surface area contributed by atoms with Gasteiger partial charge in [0.2, 0.25) is 0 Å². The first-order chi connectivity index (χ1) is 12.6. The molecule has 3 aromatic rings. The number of pyridine rings is 1. The molecule has 0 radical (unpaired) electrons. The fraction of sp³-hybridized carbons (Fsp3) is 0.200. The Kier molecular flexibility index (Phi) is 3.88. The van der Waals surface area contributed by atoms with Crippen LogP contribution in [0.2, 0.25) is 0 Å². The van der Waals surface area contributed by atoms with Crippen LogP contribution in [0, 0.1) is 0 Å². The van der Waals surface area contributed by atoms with E-state index in [1.54, 1.807) is 19.2 Å². The molecule has 0 aliphatic carbocycles. The van der Waals surface area contributed by atoms with Crippen LogP contribution in [0.1, 0.15) is 23.5 Å². The Morgan fingerprint density at radius 2 is 1.85 bits per heavy atom. The highest BCUT2D eigenvalue weighted by Gasteiger charge is 2.34. The van der Waals surface area contributed by atoms with Gasteiger partial charge in [0, 0.05) is 16.9 Å². The molecule has 1 aliphatic heterocycles. The van der Waals surface area contributed by atoms with Crippen LogP contribution in [-0.4, -0.2) is 25.2 Å². The van der Waals surface area contributed by atoms with Gasteiger partial charge in [-0.2, -0.15) is 0 Å². The van der Waals surface area contributed by atoms with Crippen molar-refractivity contribution in [1.29, 1.82) is 0 Å². The van der Waals surface area contributed by atoms with Crippen LogP contribution in [0.25, 0.3) is 10.9 Å². The van der Waals surface area contributed by atoms with Gasteiger partial charge < -0.3 is 19.2 Å². The average Bonchev–Trinajstić information content (AvgIpc) is 2.66. The van der Waals surface area contributed by atoms with Crippen molar-refractivity contribution in [2.24, 2.45) is 0 Å². The van der Waals surface area contributed by atoms with E-state index in [9.17, 15) is 9.59 Å². The Balaban J connectivity index is 2.02. The zero-order valence-electron chi connectivity index (χ0n) is 14.4. The lowest BCUT2D eigenvalue weighted by atomic mass is 9.85. The van der Waals surface area contributed by atoms with E-state index < -0.39 is 5.92 Å². The summed E-state index contributed by atoms with van der Waals surface area (Å²) < 4.78 is 16.3. The number of hydrogen-bond donors (Lipinski definition) is 1. The maximum atomic E-state index is 12.8. The first kappa shape index (κ1) is 16.2. The fourth-order valence-electron chi connectivity index (χ4n) is 3.53. The SMILES string of the molecule is COc1cccc([C@H]2CC(=O)Oc3c2c(=O)[nH]c2ccccc32)c1OC. The molecule has 0 spiro atoms. The maximum absolute atomic E-state index is 12.8. The predicted molar refractivity (Wildman–Crippen MR) is 96.2 cm³/mol. The van der Waals surface area contributed by atoms with E-state index in [-0.39, 0.29) is 17.9 Å². The molecule has 0 bridgehead atoms. The summed E-state index contributed by atoms with van der Waals surface area (Å²) in [7, 11) is 3.08. The van der Waals surface area contributed by atoms with Crippen LogP contribution >= 0.6 is 0 Å². The van der Waals surface area contributed by atoms with Gasteiger partial charge in [-0.3, -0.25) is 9.59 Å². The number of esters is 1. The number of hydrogen-bond acceptors (Lipinski definition) is 5. The lowest BCUT2D eigenvalue weighted by Crippen LogP contribution is -2.28. The van der Waals surface area contributed by atoms with Crippen molar-refractivity contribution in [2.45, 2.75) is 12.3 Å². The Morgan fingerprint density at radius 1 is 1.04 bits per heavy atom. The molecule has 6 heteroatoms. The normalized spacial score (nSPS) is 16.1. The van der Waals surface area contributed by atoms with Crippen LogP contribution in [0.3, 0.4) is 0 Å². The van der Waals surface area contributed by atoms with Gasteiger partial charge >= 0.3 is 5.97 Å². The van der Waals surface area contributed by atoms with Crippen LogP contribution in [0.5, 0.6) is 17.2 Å². The van der Waals surface area contributed by atoms with E-state index in [0.29, 0.717) is 39.3 Å². The molecule has 0 amide bonds. The van der Waals surface area contributed by atoms with Crippen LogP contribution in [0.4, 0.5) is 0 Å². The summed E-state index contributed by atoms with van der Waals surface area (Å²) >= 11 is 0. The topological polar surface area (TPSA) is 77.6 Å². The molecule has 0 fully saturated rings. The third-order valence-electron chi connectivity index (χ3n) is 4.65. The van der Waals surface area contributed by atoms with E-state index in [1.807, 2.05) is 30.3 Å². The minimum atomic E-state index is -0.482. The van der Waals surface area contributed by atoms with Gasteiger partial charge in [-0.05, 0) is 18.2 Å². The highest BCUT2D eigenvalue weighted by molar-refractivity contribution is 5.91. The van der Waals surface area contributed by atoms with E-state index in [0.717, 1.165) is 0 Å². The molecule has 132 valence electrons. The van der Waals surface area contributed by atoms with Crippen molar-refractivity contribution < 1.29 is 19.0 Å². The van der Waals surface area contributed by atoms with Crippen molar-refractivity contribution in [3.8, 4) is 17.2 Å². The molecule has 6 nitrogen and oxygen atoms in total. The van der Waals surface area contributed by atoms with E-state index in [1.165, 1.54) is 7.11 Å². The summed E-state index contributed by atoms with van der Waals surface area (Å²) in [6, 6.07) is 12.7. The highest BCUT2D eigenvalue weighted by Crippen LogP contribution is 2.45. The molecule has 1 aliphatic rings. The zero-order chi connectivity index (χ0) is 18.3. The number of fused-ring (bicyclic) bond motifs is 3. The second-order valence-electron chi connectivity index (χ2n) is 6.06. The number of aromatic amines is 1. The number of para-hydroxylation sites is 2. The second-order valence-corrected chi connectivity index (χ2v) is 6.06. The van der Waals surface area contributed by atoms with Gasteiger partial charge in [0.05, 0.1) is 31.7 Å². The van der Waals surface area contributed by atoms with Gasteiger partial charge in [-0.25, -0.2) is 0 Å². The number of rotatable bonds is 3. The van der Waals surface area contributed by atoms with E-state index in [4.69, 9.17) is 14.2 Å². The van der Waals surface area contributed by atoms with Crippen molar-refractivity contribution in [3.05, 3.63) is 63.9 Å². The molecule has 1 N–H and O–H groups in total. The number of nitrogens with one attached hydrogen (secondary N) is 1. The average molecular weight is 351 g/mol. The maximum Gasteiger partial charge on any atom is 0.312 e. The Morgan fingerprint density at radius 3 is 2.62 bits per heavy atom. The molecular formula is C20H17NO5. The number of carbonyl (C=O) groups is 1. The molecule has 1 aromatic heterocycles. The first-order valence-corrected chi connectivity index (χ1v) is 8.20. The number of carbonyl (C=O) groups excluding carboxylic acids is 1. The third-order valence-corrected chi connectivity index (χ3v) is 4.65. The third kappa shape index (κ3) is 2.42. The Hall–Kier alpha value is -3.28. The van der Waals surface area contributed by atoms with Crippen molar-refractivity contribution >= 4 is 16.9 Å². The summed E-state index contributed by atoms with van der Waals surface area (Å²) in [6.07, 6.45) is 0.0535. The van der Waals surface area contributed by atoms with Gasteiger partial charge in [-0.15, -0.1) is 0 Å². The molecule has 0 saturated heterocycles. The van der Waals surface area contributed by atoms with Crippen molar-refractivity contribution in [3.63, 3.8) is 0 Å². The highest BCUT2D eigenvalue weighted by atomic mass is 16.5. The largest absolute Gasteiger partial charge is 0.493 e. The van der Waals surface area contributed by atoms with E-state index >= 15 is 0 Å². The minimum Gasteiger partial charge on any atom is -0.493 e. The van der Waals surface area contributed by atoms with Gasteiger partial charge in [0.25, 0.3) is 5.56 Å². The molecule has 1 atom stereocenters. The molecule has 2 aromatic carbocycles. The summed E-state index contributed by atoms with van der Waals surface area (Å²) in [6.45, 7) is 0. The zero-order valence-corrected chi connectivity index (χ0v) is 14.4. The fourth-order valence-corrected chi connectivity index (χ4v) is 3.53. The van der Waals surface area contributed by atoms with E-state index in [2.05, 4.69) is 4.98 Å². The molecule has 0 unspecified atom stereocenters.